The fourth-order valence-corrected chi connectivity index (χ4v) is 2.17. The van der Waals surface area contributed by atoms with E-state index in [9.17, 15) is 4.39 Å². The molecule has 0 aliphatic heterocycles. The van der Waals surface area contributed by atoms with Gasteiger partial charge in [0.1, 0.15) is 5.82 Å². The van der Waals surface area contributed by atoms with Gasteiger partial charge in [-0.3, -0.25) is 4.68 Å². The van der Waals surface area contributed by atoms with E-state index in [4.69, 9.17) is 0 Å². The van der Waals surface area contributed by atoms with Gasteiger partial charge in [-0.15, -0.1) is 0 Å². The van der Waals surface area contributed by atoms with Gasteiger partial charge in [-0.25, -0.2) is 4.39 Å². The number of nitrogens with zero attached hydrogens (tertiary/aromatic N) is 2. The molecule has 19 heavy (non-hydrogen) atoms. The van der Waals surface area contributed by atoms with Crippen LogP contribution < -0.4 is 0 Å². The number of aryl methyl sites for hydroxylation is 1. The van der Waals surface area contributed by atoms with E-state index in [1.54, 1.807) is 16.8 Å². The van der Waals surface area contributed by atoms with E-state index in [1.807, 2.05) is 19.2 Å². The van der Waals surface area contributed by atoms with Gasteiger partial charge in [-0.2, -0.15) is 5.10 Å². The van der Waals surface area contributed by atoms with Gasteiger partial charge in [0.2, 0.25) is 0 Å². The van der Waals surface area contributed by atoms with Crippen LogP contribution in [0.15, 0.2) is 37.0 Å². The van der Waals surface area contributed by atoms with Crippen molar-refractivity contribution in [2.75, 3.05) is 0 Å². The largest absolute Gasteiger partial charge is 0.267 e. The summed E-state index contributed by atoms with van der Waals surface area (Å²) in [5.41, 5.74) is 3.73. The van der Waals surface area contributed by atoms with Gasteiger partial charge in [0, 0.05) is 11.8 Å². The Morgan fingerprint density at radius 1 is 1.37 bits per heavy atom. The molecule has 0 amide bonds. The van der Waals surface area contributed by atoms with Crippen molar-refractivity contribution in [3.63, 3.8) is 0 Å². The lowest BCUT2D eigenvalue weighted by Crippen LogP contribution is -2.02. The van der Waals surface area contributed by atoms with Gasteiger partial charge in [-0.05, 0) is 30.5 Å². The number of allylic oxidation sites excluding steroid dienone is 1. The molecule has 3 heteroatoms. The molecule has 1 aromatic carbocycles. The van der Waals surface area contributed by atoms with Crippen LogP contribution in [-0.4, -0.2) is 9.78 Å². The zero-order valence-corrected chi connectivity index (χ0v) is 11.5. The summed E-state index contributed by atoms with van der Waals surface area (Å²) >= 11 is 0. The minimum absolute atomic E-state index is 0.190. The zero-order valence-electron chi connectivity index (χ0n) is 11.5. The Hall–Kier alpha value is -1.90. The molecule has 0 fully saturated rings. The van der Waals surface area contributed by atoms with Crippen molar-refractivity contribution < 1.29 is 4.39 Å². The highest BCUT2D eigenvalue weighted by Crippen LogP contribution is 2.20. The lowest BCUT2D eigenvalue weighted by Gasteiger charge is -2.03. The fourth-order valence-electron chi connectivity index (χ4n) is 2.17. The van der Waals surface area contributed by atoms with E-state index in [1.165, 1.54) is 6.07 Å². The van der Waals surface area contributed by atoms with Gasteiger partial charge >= 0.3 is 0 Å². The Balaban J connectivity index is 2.21. The smallest absolute Gasteiger partial charge is 0.128 e. The van der Waals surface area contributed by atoms with Crippen LogP contribution in [-0.2, 0) is 6.54 Å². The molecule has 0 aliphatic rings. The summed E-state index contributed by atoms with van der Waals surface area (Å²) in [5, 5.41) is 4.52. The summed E-state index contributed by atoms with van der Waals surface area (Å²) in [6, 6.07) is 6.79. The Labute approximate surface area is 113 Å². The van der Waals surface area contributed by atoms with Crippen molar-refractivity contribution in [2.45, 2.75) is 33.2 Å². The first kappa shape index (κ1) is 13.5. The molecule has 2 nitrogen and oxygen atoms in total. The van der Waals surface area contributed by atoms with Crippen LogP contribution in [0.1, 0.15) is 36.6 Å². The summed E-state index contributed by atoms with van der Waals surface area (Å²) in [6.45, 7) is 8.65. The van der Waals surface area contributed by atoms with Gasteiger partial charge < -0.3 is 0 Å². The van der Waals surface area contributed by atoms with E-state index in [0.717, 1.165) is 29.7 Å². The molecular formula is C16H19FN2. The van der Waals surface area contributed by atoms with Gasteiger partial charge in [0.25, 0.3) is 0 Å². The van der Waals surface area contributed by atoms with Crippen LogP contribution >= 0.6 is 0 Å². The molecule has 2 rings (SSSR count). The first-order chi connectivity index (χ1) is 9.11. The van der Waals surface area contributed by atoms with Crippen molar-refractivity contribution in [1.82, 2.24) is 9.78 Å². The predicted molar refractivity (Wildman–Crippen MR) is 76.4 cm³/mol. The average Bonchev–Trinajstić information content (AvgIpc) is 2.74. The minimum atomic E-state index is -0.190. The van der Waals surface area contributed by atoms with Crippen molar-refractivity contribution >= 4 is 5.57 Å². The van der Waals surface area contributed by atoms with E-state index in [-0.39, 0.29) is 5.82 Å². The predicted octanol–water partition coefficient (Wildman–Crippen LogP) is 4.19. The van der Waals surface area contributed by atoms with E-state index in [0.29, 0.717) is 12.1 Å². The number of hydrogen-bond donors (Lipinski definition) is 0. The van der Waals surface area contributed by atoms with E-state index >= 15 is 0 Å². The number of halogens is 1. The van der Waals surface area contributed by atoms with Crippen molar-refractivity contribution in [1.29, 1.82) is 0 Å². The topological polar surface area (TPSA) is 17.8 Å². The number of aromatic nitrogens is 2. The second kappa shape index (κ2) is 5.83. The molecule has 0 saturated heterocycles. The summed E-state index contributed by atoms with van der Waals surface area (Å²) in [5.74, 6) is -0.190. The lowest BCUT2D eigenvalue weighted by atomic mass is 10.1. The van der Waals surface area contributed by atoms with E-state index < -0.39 is 0 Å². The Bertz CT molecular complexity index is 584. The monoisotopic (exact) mass is 258 g/mol. The van der Waals surface area contributed by atoms with Crippen LogP contribution in [0.5, 0.6) is 0 Å². The standard InChI is InChI=1S/C16H19FN2/c1-4-7-12(2)16-13(3)10-19(18-16)11-14-8-5-6-9-15(14)17/h5-6,8-10H,2,4,7,11H2,1,3H3. The first-order valence-electron chi connectivity index (χ1n) is 6.57. The zero-order chi connectivity index (χ0) is 13.8. The summed E-state index contributed by atoms with van der Waals surface area (Å²) in [7, 11) is 0. The van der Waals surface area contributed by atoms with Crippen molar-refractivity contribution in [3.05, 3.63) is 59.7 Å². The van der Waals surface area contributed by atoms with Crippen molar-refractivity contribution in [3.8, 4) is 0 Å². The van der Waals surface area contributed by atoms with Crippen molar-refractivity contribution in [2.24, 2.45) is 0 Å². The third kappa shape index (κ3) is 3.11. The molecule has 0 unspecified atom stereocenters. The van der Waals surface area contributed by atoms with Crippen LogP contribution in [0.25, 0.3) is 5.57 Å². The Morgan fingerprint density at radius 2 is 2.11 bits per heavy atom. The third-order valence-electron chi connectivity index (χ3n) is 3.12. The molecule has 0 atom stereocenters. The molecule has 0 bridgehead atoms. The maximum atomic E-state index is 13.6. The van der Waals surface area contributed by atoms with Crippen LogP contribution in [0, 0.1) is 12.7 Å². The molecule has 0 spiro atoms. The molecule has 1 heterocycles. The third-order valence-corrected chi connectivity index (χ3v) is 3.12. The average molecular weight is 258 g/mol. The maximum absolute atomic E-state index is 13.6. The van der Waals surface area contributed by atoms with Gasteiger partial charge in [-0.1, -0.05) is 38.1 Å². The quantitative estimate of drug-likeness (QED) is 0.786. The number of benzene rings is 1. The van der Waals surface area contributed by atoms with Gasteiger partial charge in [0.05, 0.1) is 12.2 Å². The summed E-state index contributed by atoms with van der Waals surface area (Å²) in [6.07, 6.45) is 3.94. The second-order valence-electron chi connectivity index (χ2n) is 4.80. The Morgan fingerprint density at radius 3 is 2.79 bits per heavy atom. The lowest BCUT2D eigenvalue weighted by molar-refractivity contribution is 0.584. The summed E-state index contributed by atoms with van der Waals surface area (Å²) in [4.78, 5) is 0. The highest BCUT2D eigenvalue weighted by molar-refractivity contribution is 5.62. The molecule has 100 valence electrons. The molecule has 0 saturated carbocycles. The second-order valence-corrected chi connectivity index (χ2v) is 4.80. The SMILES string of the molecule is C=C(CCC)c1nn(Cc2ccccc2F)cc1C. The Kier molecular flexibility index (Phi) is 4.15. The highest BCUT2D eigenvalue weighted by Gasteiger charge is 2.09. The van der Waals surface area contributed by atoms with Gasteiger partial charge in [0.15, 0.2) is 0 Å². The highest BCUT2D eigenvalue weighted by atomic mass is 19.1. The first-order valence-corrected chi connectivity index (χ1v) is 6.57. The van der Waals surface area contributed by atoms with Crippen LogP contribution in [0.2, 0.25) is 0 Å². The summed E-state index contributed by atoms with van der Waals surface area (Å²) < 4.78 is 15.4. The minimum Gasteiger partial charge on any atom is -0.267 e. The van der Waals surface area contributed by atoms with Crippen LogP contribution in [0.4, 0.5) is 4.39 Å². The number of rotatable bonds is 5. The molecule has 1 aromatic heterocycles. The normalized spacial score (nSPS) is 10.7. The molecule has 0 radical (unpaired) electrons. The molecule has 0 aliphatic carbocycles. The molecule has 0 N–H and O–H groups in total. The van der Waals surface area contributed by atoms with E-state index in [2.05, 4.69) is 18.6 Å². The van der Waals surface area contributed by atoms with Crippen LogP contribution in [0.3, 0.4) is 0 Å². The number of hydrogen-bond acceptors (Lipinski definition) is 1. The fraction of sp³-hybridized carbons (Fsp3) is 0.312. The maximum Gasteiger partial charge on any atom is 0.128 e. The molecular weight excluding hydrogens is 239 g/mol. The molecule has 2 aromatic rings.